The highest BCUT2D eigenvalue weighted by molar-refractivity contribution is 7.09. The molecule has 14 heavy (non-hydrogen) atoms. The Balaban J connectivity index is 2.49. The van der Waals surface area contributed by atoms with Crippen LogP contribution in [-0.2, 0) is 11.2 Å². The van der Waals surface area contributed by atoms with E-state index in [1.54, 1.807) is 7.11 Å². The Morgan fingerprint density at radius 3 is 3.00 bits per heavy atom. The van der Waals surface area contributed by atoms with Crippen LogP contribution in [0.1, 0.15) is 5.82 Å². The molecule has 1 N–H and O–H groups in total. The van der Waals surface area contributed by atoms with Crippen LogP contribution in [0.25, 0.3) is 0 Å². The molecule has 1 heterocycles. The van der Waals surface area contributed by atoms with Gasteiger partial charge in [0.2, 0.25) is 5.13 Å². The van der Waals surface area contributed by atoms with E-state index in [1.165, 1.54) is 11.5 Å². The summed E-state index contributed by atoms with van der Waals surface area (Å²) in [6.07, 6.45) is 0.736. The van der Waals surface area contributed by atoms with E-state index in [9.17, 15) is 0 Å². The molecule has 0 aliphatic rings. The monoisotopic (exact) mass is 217 g/mol. The van der Waals surface area contributed by atoms with Crippen LogP contribution in [0.15, 0.2) is 0 Å². The first-order valence-electron chi connectivity index (χ1n) is 4.41. The summed E-state index contributed by atoms with van der Waals surface area (Å²) in [5.74, 6) is 0.802. The highest BCUT2D eigenvalue weighted by Crippen LogP contribution is 2.15. The van der Waals surface area contributed by atoms with Gasteiger partial charge in [-0.3, -0.25) is 0 Å². The molecule has 5 nitrogen and oxygen atoms in total. The molecule has 0 bridgehead atoms. The van der Waals surface area contributed by atoms with Crippen molar-refractivity contribution >= 4 is 16.7 Å². The average Bonchev–Trinajstić information content (AvgIpc) is 2.63. The Hall–Kier alpha value is -0.720. The van der Waals surface area contributed by atoms with Crippen LogP contribution in [0, 0.1) is 0 Å². The maximum absolute atomic E-state index is 8.74. The molecule has 0 radical (unpaired) electrons. The number of aliphatic hydroxyl groups excluding tert-OH is 1. The standard InChI is InChI=1S/C8H15N3O2S/c1-11(4-5-12)8-9-7(10-14-8)3-6-13-2/h12H,3-6H2,1-2H3. The summed E-state index contributed by atoms with van der Waals surface area (Å²) >= 11 is 1.35. The van der Waals surface area contributed by atoms with E-state index >= 15 is 0 Å². The topological polar surface area (TPSA) is 58.5 Å². The van der Waals surface area contributed by atoms with Gasteiger partial charge in [-0.1, -0.05) is 0 Å². The van der Waals surface area contributed by atoms with E-state index in [1.807, 2.05) is 11.9 Å². The Labute approximate surface area is 87.5 Å². The molecular weight excluding hydrogens is 202 g/mol. The number of rotatable bonds is 6. The highest BCUT2D eigenvalue weighted by Gasteiger charge is 2.07. The fraction of sp³-hybridized carbons (Fsp3) is 0.750. The van der Waals surface area contributed by atoms with Gasteiger partial charge in [-0.25, -0.2) is 4.98 Å². The third-order valence-electron chi connectivity index (χ3n) is 1.75. The van der Waals surface area contributed by atoms with Gasteiger partial charge >= 0.3 is 0 Å². The van der Waals surface area contributed by atoms with Gasteiger partial charge in [0.1, 0.15) is 5.82 Å². The molecule has 0 aliphatic carbocycles. The van der Waals surface area contributed by atoms with Gasteiger partial charge in [0.25, 0.3) is 0 Å². The molecule has 1 rings (SSSR count). The molecule has 0 spiro atoms. The number of ether oxygens (including phenoxy) is 1. The number of hydrogen-bond acceptors (Lipinski definition) is 6. The van der Waals surface area contributed by atoms with Crippen molar-refractivity contribution in [2.45, 2.75) is 6.42 Å². The van der Waals surface area contributed by atoms with Crippen LogP contribution in [-0.4, -0.2) is 48.4 Å². The molecule has 0 unspecified atom stereocenters. The van der Waals surface area contributed by atoms with Crippen molar-refractivity contribution in [2.24, 2.45) is 0 Å². The quantitative estimate of drug-likeness (QED) is 0.735. The minimum atomic E-state index is 0.128. The van der Waals surface area contributed by atoms with Crippen molar-refractivity contribution < 1.29 is 9.84 Å². The van der Waals surface area contributed by atoms with E-state index in [0.29, 0.717) is 13.2 Å². The summed E-state index contributed by atoms with van der Waals surface area (Å²) in [6.45, 7) is 1.35. The number of nitrogens with zero attached hydrogens (tertiary/aromatic N) is 3. The number of methoxy groups -OCH3 is 1. The molecule has 0 amide bonds. The summed E-state index contributed by atoms with van der Waals surface area (Å²) in [5.41, 5.74) is 0. The lowest BCUT2D eigenvalue weighted by Gasteiger charge is -2.11. The SMILES string of the molecule is COCCc1nsc(N(C)CCO)n1. The lowest BCUT2D eigenvalue weighted by atomic mass is 10.4. The van der Waals surface area contributed by atoms with Gasteiger partial charge in [0, 0.05) is 38.7 Å². The molecule has 0 aromatic carbocycles. The minimum absolute atomic E-state index is 0.128. The van der Waals surface area contributed by atoms with Crippen LogP contribution in [0.5, 0.6) is 0 Å². The smallest absolute Gasteiger partial charge is 0.205 e. The third-order valence-corrected chi connectivity index (χ3v) is 2.62. The first kappa shape index (κ1) is 11.4. The maximum Gasteiger partial charge on any atom is 0.205 e. The molecule has 0 saturated carbocycles. The van der Waals surface area contributed by atoms with Crippen LogP contribution >= 0.6 is 11.5 Å². The zero-order valence-corrected chi connectivity index (χ0v) is 9.25. The van der Waals surface area contributed by atoms with E-state index in [-0.39, 0.29) is 6.61 Å². The summed E-state index contributed by atoms with van der Waals surface area (Å²) < 4.78 is 9.12. The second kappa shape index (κ2) is 5.90. The Bertz CT molecular complexity index is 267. The molecule has 0 aliphatic heterocycles. The maximum atomic E-state index is 8.74. The highest BCUT2D eigenvalue weighted by atomic mass is 32.1. The average molecular weight is 217 g/mol. The van der Waals surface area contributed by atoms with E-state index in [0.717, 1.165) is 17.4 Å². The third kappa shape index (κ3) is 3.21. The second-order valence-electron chi connectivity index (χ2n) is 2.88. The number of likely N-dealkylation sites (N-methyl/N-ethyl adjacent to an activating group) is 1. The largest absolute Gasteiger partial charge is 0.395 e. The number of hydrogen-bond donors (Lipinski definition) is 1. The second-order valence-corrected chi connectivity index (χ2v) is 3.61. The van der Waals surface area contributed by atoms with Gasteiger partial charge in [-0.2, -0.15) is 4.37 Å². The summed E-state index contributed by atoms with van der Waals surface area (Å²) in [6, 6.07) is 0. The molecule has 1 aromatic heterocycles. The van der Waals surface area contributed by atoms with Crippen molar-refractivity contribution in [2.75, 3.05) is 38.8 Å². The molecular formula is C8H15N3O2S. The van der Waals surface area contributed by atoms with Crippen molar-refractivity contribution in [1.29, 1.82) is 0 Å². The predicted octanol–water partition coefficient (Wildman–Crippen LogP) is 0.156. The van der Waals surface area contributed by atoms with Crippen LogP contribution < -0.4 is 4.90 Å². The molecule has 0 saturated heterocycles. The molecule has 0 atom stereocenters. The van der Waals surface area contributed by atoms with Gasteiger partial charge in [-0.05, 0) is 0 Å². The fourth-order valence-corrected chi connectivity index (χ4v) is 1.64. The van der Waals surface area contributed by atoms with Crippen molar-refractivity contribution in [3.63, 3.8) is 0 Å². The zero-order valence-electron chi connectivity index (χ0n) is 8.43. The lowest BCUT2D eigenvalue weighted by molar-refractivity contribution is 0.201. The summed E-state index contributed by atoms with van der Waals surface area (Å²) in [7, 11) is 3.54. The van der Waals surface area contributed by atoms with Crippen LogP contribution in [0.2, 0.25) is 0 Å². The van der Waals surface area contributed by atoms with Crippen molar-refractivity contribution in [3.05, 3.63) is 5.82 Å². The van der Waals surface area contributed by atoms with Gasteiger partial charge in [-0.15, -0.1) is 0 Å². The normalized spacial score (nSPS) is 10.5. The molecule has 6 heteroatoms. The number of aliphatic hydroxyl groups is 1. The Morgan fingerprint density at radius 1 is 1.57 bits per heavy atom. The summed E-state index contributed by atoms with van der Waals surface area (Å²) in [5, 5.41) is 9.58. The van der Waals surface area contributed by atoms with E-state index in [4.69, 9.17) is 9.84 Å². The van der Waals surface area contributed by atoms with Crippen LogP contribution in [0.3, 0.4) is 0 Å². The van der Waals surface area contributed by atoms with Crippen molar-refractivity contribution in [3.8, 4) is 0 Å². The molecule has 1 aromatic rings. The molecule has 0 fully saturated rings. The Kier molecular flexibility index (Phi) is 4.78. The van der Waals surface area contributed by atoms with E-state index in [2.05, 4.69) is 9.36 Å². The van der Waals surface area contributed by atoms with E-state index < -0.39 is 0 Å². The predicted molar refractivity (Wildman–Crippen MR) is 55.8 cm³/mol. The molecule has 80 valence electrons. The first-order valence-corrected chi connectivity index (χ1v) is 5.18. The minimum Gasteiger partial charge on any atom is -0.395 e. The van der Waals surface area contributed by atoms with Gasteiger partial charge < -0.3 is 14.7 Å². The first-order chi connectivity index (χ1) is 6.77. The van der Waals surface area contributed by atoms with Crippen molar-refractivity contribution in [1.82, 2.24) is 9.36 Å². The zero-order chi connectivity index (χ0) is 10.4. The summed E-state index contributed by atoms with van der Waals surface area (Å²) in [4.78, 5) is 6.19. The lowest BCUT2D eigenvalue weighted by Crippen LogP contribution is -2.20. The number of anilines is 1. The van der Waals surface area contributed by atoms with Gasteiger partial charge in [0.15, 0.2) is 0 Å². The number of aromatic nitrogens is 2. The Morgan fingerprint density at radius 2 is 2.36 bits per heavy atom. The fourth-order valence-electron chi connectivity index (χ4n) is 0.940. The van der Waals surface area contributed by atoms with Crippen LogP contribution in [0.4, 0.5) is 5.13 Å². The van der Waals surface area contributed by atoms with Gasteiger partial charge in [0.05, 0.1) is 13.2 Å².